The summed E-state index contributed by atoms with van der Waals surface area (Å²) in [6.45, 7) is 2.97. The van der Waals surface area contributed by atoms with Crippen LogP contribution in [0.3, 0.4) is 0 Å². The molecule has 0 spiro atoms. The number of imidazole rings is 1. The van der Waals surface area contributed by atoms with Crippen LogP contribution in [0.15, 0.2) is 54.6 Å². The highest BCUT2D eigenvalue weighted by Gasteiger charge is 2.15. The van der Waals surface area contributed by atoms with E-state index in [2.05, 4.69) is 11.5 Å². The summed E-state index contributed by atoms with van der Waals surface area (Å²) in [5.74, 6) is -0.165. The molecule has 26 heavy (non-hydrogen) atoms. The van der Waals surface area contributed by atoms with E-state index in [0.29, 0.717) is 5.52 Å². The molecule has 0 fully saturated rings. The van der Waals surface area contributed by atoms with Gasteiger partial charge in [-0.05, 0) is 36.8 Å². The molecule has 1 N–H and O–H groups in total. The van der Waals surface area contributed by atoms with Gasteiger partial charge >= 0.3 is 5.97 Å². The molecule has 0 radical (unpaired) electrons. The van der Waals surface area contributed by atoms with Crippen molar-refractivity contribution in [3.8, 4) is 11.5 Å². The zero-order chi connectivity index (χ0) is 18.1. The highest BCUT2D eigenvalue weighted by Crippen LogP contribution is 2.26. The molecule has 0 saturated carbocycles. The molecule has 0 aliphatic carbocycles. The van der Waals surface area contributed by atoms with Crippen LogP contribution in [0, 0.1) is 0 Å². The van der Waals surface area contributed by atoms with Crippen LogP contribution < -0.4 is 0 Å². The van der Waals surface area contributed by atoms with Gasteiger partial charge in [0.2, 0.25) is 0 Å². The number of carboxylic acid groups (broad SMARTS) is 1. The van der Waals surface area contributed by atoms with Crippen molar-refractivity contribution < 1.29 is 9.90 Å². The van der Waals surface area contributed by atoms with Crippen molar-refractivity contribution in [3.63, 3.8) is 0 Å². The van der Waals surface area contributed by atoms with E-state index >= 15 is 0 Å². The normalized spacial score (nSPS) is 11.3. The zero-order valence-corrected chi connectivity index (χ0v) is 14.5. The molecule has 0 atom stereocenters. The Morgan fingerprint density at radius 2 is 1.88 bits per heavy atom. The monoisotopic (exact) mass is 345 g/mol. The predicted octanol–water partition coefficient (Wildman–Crippen LogP) is 4.75. The third-order valence-corrected chi connectivity index (χ3v) is 4.56. The van der Waals surface area contributed by atoms with E-state index in [1.807, 2.05) is 42.5 Å². The lowest BCUT2D eigenvalue weighted by Gasteiger charge is -2.09. The fraction of sp³-hybridized carbons (Fsp3) is 0.190. The van der Waals surface area contributed by atoms with Gasteiger partial charge in [-0.1, -0.05) is 37.6 Å². The van der Waals surface area contributed by atoms with Crippen LogP contribution in [0.4, 0.5) is 0 Å². The lowest BCUT2D eigenvalue weighted by Crippen LogP contribution is -2.02. The largest absolute Gasteiger partial charge is 0.478 e. The molecule has 0 amide bonds. The second-order valence-corrected chi connectivity index (χ2v) is 6.34. The number of aromatic carboxylic acids is 1. The van der Waals surface area contributed by atoms with Crippen molar-refractivity contribution in [2.45, 2.75) is 26.3 Å². The van der Waals surface area contributed by atoms with Gasteiger partial charge in [0, 0.05) is 11.9 Å². The molecule has 2 heterocycles. The quantitative estimate of drug-likeness (QED) is 0.567. The number of carboxylic acids is 1. The molecular formula is C21H19N3O2. The van der Waals surface area contributed by atoms with Gasteiger partial charge in [-0.3, -0.25) is 0 Å². The van der Waals surface area contributed by atoms with Gasteiger partial charge in [0.1, 0.15) is 5.69 Å². The fourth-order valence-electron chi connectivity index (χ4n) is 3.19. The molecule has 4 aromatic rings. The number of benzene rings is 2. The zero-order valence-electron chi connectivity index (χ0n) is 14.5. The Morgan fingerprint density at radius 1 is 1.04 bits per heavy atom. The Labute approximate surface area is 150 Å². The highest BCUT2D eigenvalue weighted by molar-refractivity contribution is 5.93. The van der Waals surface area contributed by atoms with Gasteiger partial charge in [-0.25, -0.2) is 14.8 Å². The van der Waals surface area contributed by atoms with E-state index in [1.165, 1.54) is 0 Å². The number of fused-ring (bicyclic) bond motifs is 2. The van der Waals surface area contributed by atoms with Crippen LogP contribution in [0.5, 0.6) is 0 Å². The Bertz CT molecular complexity index is 1110. The summed E-state index contributed by atoms with van der Waals surface area (Å²) in [6.07, 6.45) is 2.09. The van der Waals surface area contributed by atoms with E-state index in [-0.39, 0.29) is 5.56 Å². The number of hydrogen-bond acceptors (Lipinski definition) is 3. The number of aromatic nitrogens is 3. The second kappa shape index (κ2) is 6.59. The summed E-state index contributed by atoms with van der Waals surface area (Å²) >= 11 is 0. The van der Waals surface area contributed by atoms with E-state index in [4.69, 9.17) is 9.97 Å². The highest BCUT2D eigenvalue weighted by atomic mass is 16.4. The minimum Gasteiger partial charge on any atom is -0.478 e. The SMILES string of the molecule is CCCCn1c(-c2ccc3ccccc3n2)nc2cc(C(=O)O)ccc21. The van der Waals surface area contributed by atoms with Gasteiger partial charge in [0.05, 0.1) is 22.1 Å². The molecule has 2 aromatic carbocycles. The minimum atomic E-state index is -0.944. The number of rotatable bonds is 5. The molecule has 130 valence electrons. The standard InChI is InChI=1S/C21H19N3O2/c1-2-3-12-24-19-11-9-15(21(25)26)13-18(19)23-20(24)17-10-8-14-6-4-5-7-16(14)22-17/h4-11,13H,2-3,12H2,1H3,(H,25,26). The smallest absolute Gasteiger partial charge is 0.335 e. The maximum absolute atomic E-state index is 11.3. The van der Waals surface area contributed by atoms with Gasteiger partial charge in [0.15, 0.2) is 5.82 Å². The van der Waals surface area contributed by atoms with E-state index in [1.54, 1.807) is 12.1 Å². The van der Waals surface area contributed by atoms with Gasteiger partial charge in [0.25, 0.3) is 0 Å². The summed E-state index contributed by atoms with van der Waals surface area (Å²) in [5.41, 5.74) is 3.59. The number of hydrogen-bond donors (Lipinski definition) is 1. The molecule has 4 rings (SSSR count). The van der Waals surface area contributed by atoms with E-state index in [0.717, 1.165) is 47.3 Å². The molecule has 2 aromatic heterocycles. The molecule has 5 nitrogen and oxygen atoms in total. The topological polar surface area (TPSA) is 68.0 Å². The Balaban J connectivity index is 1.91. The third-order valence-electron chi connectivity index (χ3n) is 4.56. The first-order chi connectivity index (χ1) is 12.7. The first-order valence-electron chi connectivity index (χ1n) is 8.77. The predicted molar refractivity (Wildman–Crippen MR) is 102 cm³/mol. The van der Waals surface area contributed by atoms with E-state index in [9.17, 15) is 9.90 Å². The number of para-hydroxylation sites is 1. The summed E-state index contributed by atoms with van der Waals surface area (Å²) in [7, 11) is 0. The molecule has 0 unspecified atom stereocenters. The van der Waals surface area contributed by atoms with Crippen molar-refractivity contribution in [2.24, 2.45) is 0 Å². The summed E-state index contributed by atoms with van der Waals surface area (Å²) in [6, 6.07) is 17.1. The Kier molecular flexibility index (Phi) is 4.13. The van der Waals surface area contributed by atoms with Gasteiger partial charge < -0.3 is 9.67 Å². The molecule has 5 heteroatoms. The number of unbranched alkanes of at least 4 members (excludes halogenated alkanes) is 1. The van der Waals surface area contributed by atoms with Crippen LogP contribution in [0.2, 0.25) is 0 Å². The average molecular weight is 345 g/mol. The molecular weight excluding hydrogens is 326 g/mol. The maximum atomic E-state index is 11.3. The van der Waals surface area contributed by atoms with Gasteiger partial charge in [-0.2, -0.15) is 0 Å². The Morgan fingerprint density at radius 3 is 2.69 bits per heavy atom. The first kappa shape index (κ1) is 16.3. The first-order valence-corrected chi connectivity index (χ1v) is 8.77. The van der Waals surface area contributed by atoms with Crippen LogP contribution in [0.1, 0.15) is 30.1 Å². The lowest BCUT2D eigenvalue weighted by atomic mass is 10.2. The number of nitrogens with zero attached hydrogens (tertiary/aromatic N) is 3. The van der Waals surface area contributed by atoms with Crippen LogP contribution >= 0.6 is 0 Å². The lowest BCUT2D eigenvalue weighted by molar-refractivity contribution is 0.0697. The van der Waals surface area contributed by atoms with Crippen molar-refractivity contribution in [3.05, 3.63) is 60.2 Å². The fourth-order valence-corrected chi connectivity index (χ4v) is 3.19. The third kappa shape index (κ3) is 2.81. The summed E-state index contributed by atoms with van der Waals surface area (Å²) in [4.78, 5) is 20.8. The van der Waals surface area contributed by atoms with Crippen molar-refractivity contribution in [1.29, 1.82) is 0 Å². The second-order valence-electron chi connectivity index (χ2n) is 6.34. The number of aryl methyl sites for hydroxylation is 1. The van der Waals surface area contributed by atoms with Crippen molar-refractivity contribution >= 4 is 27.9 Å². The number of pyridine rings is 1. The Hall–Kier alpha value is -3.21. The summed E-state index contributed by atoms with van der Waals surface area (Å²) < 4.78 is 2.14. The van der Waals surface area contributed by atoms with Crippen molar-refractivity contribution in [1.82, 2.24) is 14.5 Å². The van der Waals surface area contributed by atoms with Crippen LogP contribution in [-0.2, 0) is 6.54 Å². The molecule has 0 aliphatic heterocycles. The molecule has 0 aliphatic rings. The maximum Gasteiger partial charge on any atom is 0.335 e. The van der Waals surface area contributed by atoms with Crippen LogP contribution in [-0.4, -0.2) is 25.6 Å². The number of carbonyl (C=O) groups is 1. The molecule has 0 bridgehead atoms. The summed E-state index contributed by atoms with van der Waals surface area (Å²) in [5, 5.41) is 10.3. The van der Waals surface area contributed by atoms with Crippen LogP contribution in [0.25, 0.3) is 33.5 Å². The van der Waals surface area contributed by atoms with Gasteiger partial charge in [-0.15, -0.1) is 0 Å². The van der Waals surface area contributed by atoms with E-state index < -0.39 is 5.97 Å². The average Bonchev–Trinajstić information content (AvgIpc) is 3.03. The van der Waals surface area contributed by atoms with Crippen molar-refractivity contribution in [2.75, 3.05) is 0 Å². The molecule has 0 saturated heterocycles. The minimum absolute atomic E-state index is 0.246.